The predicted molar refractivity (Wildman–Crippen MR) is 58.5 cm³/mol. The lowest BCUT2D eigenvalue weighted by atomic mass is 10.2. The highest BCUT2D eigenvalue weighted by molar-refractivity contribution is 6.33. The zero-order valence-electron chi connectivity index (χ0n) is 8.18. The number of nitro groups is 1. The largest absolute Gasteiger partial charge is 0.395 e. The van der Waals surface area contributed by atoms with Crippen LogP contribution in [0.3, 0.4) is 0 Å². The molecule has 0 aliphatic heterocycles. The summed E-state index contributed by atoms with van der Waals surface area (Å²) in [5, 5.41) is 19.5. The van der Waals surface area contributed by atoms with Crippen LogP contribution in [0, 0.1) is 10.1 Å². The molecular formula is C9H11ClN2O3. The number of aliphatic hydroxyl groups excluding tert-OH is 1. The molecule has 0 fully saturated rings. The van der Waals surface area contributed by atoms with Crippen molar-refractivity contribution >= 4 is 23.0 Å². The third-order valence-electron chi connectivity index (χ3n) is 1.99. The number of non-ortho nitro benzene ring substituents is 1. The lowest BCUT2D eigenvalue weighted by Crippen LogP contribution is -2.21. The lowest BCUT2D eigenvalue weighted by Gasteiger charge is -2.18. The highest BCUT2D eigenvalue weighted by Crippen LogP contribution is 2.28. The van der Waals surface area contributed by atoms with Crippen molar-refractivity contribution in [3.05, 3.63) is 33.3 Å². The maximum atomic E-state index is 10.5. The minimum absolute atomic E-state index is 0.00379. The summed E-state index contributed by atoms with van der Waals surface area (Å²) in [6.07, 6.45) is 0. The number of hydrogen-bond acceptors (Lipinski definition) is 4. The summed E-state index contributed by atoms with van der Waals surface area (Å²) in [6, 6.07) is 4.25. The molecule has 0 heterocycles. The quantitative estimate of drug-likeness (QED) is 0.631. The molecule has 1 aromatic carbocycles. The number of aliphatic hydroxyl groups is 1. The predicted octanol–water partition coefficient (Wildman–Crippen LogP) is 1.68. The van der Waals surface area contributed by atoms with Gasteiger partial charge in [0.1, 0.15) is 0 Å². The first-order chi connectivity index (χ1) is 7.06. The van der Waals surface area contributed by atoms with E-state index in [0.717, 1.165) is 0 Å². The van der Waals surface area contributed by atoms with Gasteiger partial charge in [0.2, 0.25) is 0 Å². The molecule has 0 aliphatic carbocycles. The SMILES string of the molecule is CN(CCO)c1ccc([N+](=O)[O-])cc1Cl. The number of anilines is 1. The Bertz CT molecular complexity index is 370. The van der Waals surface area contributed by atoms with E-state index in [-0.39, 0.29) is 12.3 Å². The molecule has 82 valence electrons. The Labute approximate surface area is 92.0 Å². The van der Waals surface area contributed by atoms with E-state index in [9.17, 15) is 10.1 Å². The van der Waals surface area contributed by atoms with Crippen LogP contribution in [0.1, 0.15) is 0 Å². The van der Waals surface area contributed by atoms with Crippen molar-refractivity contribution in [3.63, 3.8) is 0 Å². The summed E-state index contributed by atoms with van der Waals surface area (Å²) >= 11 is 5.88. The summed E-state index contributed by atoms with van der Waals surface area (Å²) in [4.78, 5) is 11.7. The van der Waals surface area contributed by atoms with Crippen molar-refractivity contribution in [3.8, 4) is 0 Å². The molecular weight excluding hydrogens is 220 g/mol. The van der Waals surface area contributed by atoms with E-state index in [2.05, 4.69) is 0 Å². The van der Waals surface area contributed by atoms with Crippen molar-refractivity contribution in [1.82, 2.24) is 0 Å². The second kappa shape index (κ2) is 4.95. The minimum atomic E-state index is -0.498. The van der Waals surface area contributed by atoms with Crippen LogP contribution in [-0.4, -0.2) is 30.2 Å². The number of halogens is 1. The number of likely N-dealkylation sites (N-methyl/N-ethyl adjacent to an activating group) is 1. The zero-order valence-corrected chi connectivity index (χ0v) is 8.94. The van der Waals surface area contributed by atoms with Crippen LogP contribution in [0.15, 0.2) is 18.2 Å². The Balaban J connectivity index is 2.97. The fraction of sp³-hybridized carbons (Fsp3) is 0.333. The molecule has 0 atom stereocenters. The van der Waals surface area contributed by atoms with Crippen molar-refractivity contribution < 1.29 is 10.0 Å². The molecule has 0 unspecified atom stereocenters. The Kier molecular flexibility index (Phi) is 3.88. The van der Waals surface area contributed by atoms with Gasteiger partial charge >= 0.3 is 0 Å². The molecule has 0 radical (unpaired) electrons. The summed E-state index contributed by atoms with van der Waals surface area (Å²) in [5.74, 6) is 0. The molecule has 0 aliphatic rings. The third-order valence-corrected chi connectivity index (χ3v) is 2.29. The van der Waals surface area contributed by atoms with Gasteiger partial charge in [0.25, 0.3) is 5.69 Å². The molecule has 1 rings (SSSR count). The van der Waals surface area contributed by atoms with E-state index >= 15 is 0 Å². The Hall–Kier alpha value is -1.33. The molecule has 1 aromatic rings. The van der Waals surface area contributed by atoms with Gasteiger partial charge in [-0.05, 0) is 6.07 Å². The molecule has 5 nitrogen and oxygen atoms in total. The van der Waals surface area contributed by atoms with Gasteiger partial charge in [0.15, 0.2) is 0 Å². The van der Waals surface area contributed by atoms with E-state index in [1.165, 1.54) is 12.1 Å². The number of benzene rings is 1. The van der Waals surface area contributed by atoms with Gasteiger partial charge in [0, 0.05) is 25.7 Å². The van der Waals surface area contributed by atoms with Gasteiger partial charge in [-0.2, -0.15) is 0 Å². The van der Waals surface area contributed by atoms with Gasteiger partial charge in [-0.3, -0.25) is 10.1 Å². The average molecular weight is 231 g/mol. The second-order valence-electron chi connectivity index (χ2n) is 3.04. The van der Waals surface area contributed by atoms with Gasteiger partial charge < -0.3 is 10.0 Å². The van der Waals surface area contributed by atoms with Crippen LogP contribution in [0.5, 0.6) is 0 Å². The van der Waals surface area contributed by atoms with Gasteiger partial charge in [-0.1, -0.05) is 11.6 Å². The van der Waals surface area contributed by atoms with Crippen LogP contribution in [-0.2, 0) is 0 Å². The lowest BCUT2D eigenvalue weighted by molar-refractivity contribution is -0.384. The summed E-state index contributed by atoms with van der Waals surface area (Å²) in [6.45, 7) is 0.432. The van der Waals surface area contributed by atoms with Gasteiger partial charge in [-0.25, -0.2) is 0 Å². The Morgan fingerprint density at radius 2 is 2.27 bits per heavy atom. The zero-order chi connectivity index (χ0) is 11.4. The van der Waals surface area contributed by atoms with E-state index in [0.29, 0.717) is 17.3 Å². The fourth-order valence-corrected chi connectivity index (χ4v) is 1.51. The van der Waals surface area contributed by atoms with Gasteiger partial charge in [-0.15, -0.1) is 0 Å². The van der Waals surface area contributed by atoms with Crippen molar-refractivity contribution in [2.75, 3.05) is 25.1 Å². The molecule has 0 spiro atoms. The number of nitrogens with zero attached hydrogens (tertiary/aromatic N) is 2. The maximum absolute atomic E-state index is 10.5. The monoisotopic (exact) mass is 230 g/mol. The molecule has 0 saturated carbocycles. The second-order valence-corrected chi connectivity index (χ2v) is 3.45. The summed E-state index contributed by atoms with van der Waals surface area (Å²) < 4.78 is 0. The smallest absolute Gasteiger partial charge is 0.271 e. The van der Waals surface area contributed by atoms with Gasteiger partial charge in [0.05, 0.1) is 22.2 Å². The van der Waals surface area contributed by atoms with Crippen LogP contribution < -0.4 is 4.90 Å². The molecule has 1 N–H and O–H groups in total. The minimum Gasteiger partial charge on any atom is -0.395 e. The molecule has 0 saturated heterocycles. The average Bonchev–Trinajstić information content (AvgIpc) is 2.17. The highest BCUT2D eigenvalue weighted by atomic mass is 35.5. The van der Waals surface area contributed by atoms with Crippen LogP contribution >= 0.6 is 11.6 Å². The summed E-state index contributed by atoms with van der Waals surface area (Å²) in [7, 11) is 1.75. The van der Waals surface area contributed by atoms with Crippen molar-refractivity contribution in [2.24, 2.45) is 0 Å². The maximum Gasteiger partial charge on any atom is 0.271 e. The topological polar surface area (TPSA) is 66.6 Å². The van der Waals surface area contributed by atoms with E-state index < -0.39 is 4.92 Å². The first-order valence-electron chi connectivity index (χ1n) is 4.32. The van der Waals surface area contributed by atoms with Crippen molar-refractivity contribution in [2.45, 2.75) is 0 Å². The highest BCUT2D eigenvalue weighted by Gasteiger charge is 2.11. The number of hydrogen-bond donors (Lipinski definition) is 1. The number of rotatable bonds is 4. The fourth-order valence-electron chi connectivity index (χ4n) is 1.19. The number of nitro benzene ring substituents is 1. The van der Waals surface area contributed by atoms with Crippen LogP contribution in [0.4, 0.5) is 11.4 Å². The first-order valence-corrected chi connectivity index (χ1v) is 4.70. The molecule has 0 bridgehead atoms. The standard InChI is InChI=1S/C9H11ClN2O3/c1-11(4-5-13)9-3-2-7(12(14)15)6-8(9)10/h2-3,6,13H,4-5H2,1H3. The Morgan fingerprint density at radius 3 is 2.73 bits per heavy atom. The van der Waals surface area contributed by atoms with Crippen molar-refractivity contribution in [1.29, 1.82) is 0 Å². The van der Waals surface area contributed by atoms with Crippen LogP contribution in [0.2, 0.25) is 5.02 Å². The first kappa shape index (κ1) is 11.7. The third kappa shape index (κ3) is 2.81. The molecule has 0 amide bonds. The van der Waals surface area contributed by atoms with E-state index in [1.54, 1.807) is 18.0 Å². The Morgan fingerprint density at radius 1 is 1.60 bits per heavy atom. The molecule has 0 aromatic heterocycles. The molecule has 6 heteroatoms. The van der Waals surface area contributed by atoms with E-state index in [4.69, 9.17) is 16.7 Å². The van der Waals surface area contributed by atoms with Crippen LogP contribution in [0.25, 0.3) is 0 Å². The normalized spacial score (nSPS) is 10.1. The summed E-state index contributed by atoms with van der Waals surface area (Å²) in [5.41, 5.74) is 0.623. The molecule has 15 heavy (non-hydrogen) atoms. The van der Waals surface area contributed by atoms with E-state index in [1.807, 2.05) is 0 Å².